The molecule has 4 nitrogen and oxygen atoms in total. The van der Waals surface area contributed by atoms with Crippen LogP contribution in [0, 0.1) is 11.3 Å². The Balaban J connectivity index is 5.78. The lowest BCUT2D eigenvalue weighted by atomic mass is 9.69. The van der Waals surface area contributed by atoms with Gasteiger partial charge in [-0.25, -0.2) is 4.79 Å². The lowest BCUT2D eigenvalue weighted by molar-refractivity contribution is -0.158. The summed E-state index contributed by atoms with van der Waals surface area (Å²) in [4.78, 5) is 23.7. The van der Waals surface area contributed by atoms with Crippen LogP contribution in [0.25, 0.3) is 0 Å². The number of carbonyl (C=O) groups is 2. The fourth-order valence-corrected chi connectivity index (χ4v) is 2.32. The van der Waals surface area contributed by atoms with Crippen molar-refractivity contribution in [3.05, 3.63) is 11.6 Å². The van der Waals surface area contributed by atoms with E-state index in [1.54, 1.807) is 13.0 Å². The number of carboxylic acid groups (broad SMARTS) is 1. The molecular weight excluding hydrogens is 232 g/mol. The van der Waals surface area contributed by atoms with Crippen LogP contribution in [0.3, 0.4) is 0 Å². The molecule has 0 saturated heterocycles. The fourth-order valence-electron chi connectivity index (χ4n) is 2.32. The molecule has 18 heavy (non-hydrogen) atoms. The van der Waals surface area contributed by atoms with Crippen LogP contribution in [-0.2, 0) is 14.3 Å². The molecule has 0 amide bonds. The topological polar surface area (TPSA) is 63.6 Å². The Kier molecular flexibility index (Phi) is 6.66. The van der Waals surface area contributed by atoms with Crippen molar-refractivity contribution in [1.82, 2.24) is 0 Å². The molecule has 1 N–H and O–H groups in total. The zero-order chi connectivity index (χ0) is 14.3. The predicted octanol–water partition coefficient (Wildman–Crippen LogP) is 3.02. The molecule has 0 fully saturated rings. The van der Waals surface area contributed by atoms with E-state index < -0.39 is 17.4 Å². The summed E-state index contributed by atoms with van der Waals surface area (Å²) in [6.07, 6.45) is 2.61. The summed E-state index contributed by atoms with van der Waals surface area (Å²) in [5, 5.41) is 9.36. The molecule has 0 spiro atoms. The molecule has 0 aromatic rings. The number of aliphatic carboxylic acids is 1. The minimum Gasteiger partial charge on any atom is -0.478 e. The van der Waals surface area contributed by atoms with Gasteiger partial charge in [0, 0.05) is 0 Å². The van der Waals surface area contributed by atoms with Crippen LogP contribution in [0.2, 0.25) is 0 Å². The number of ether oxygens (including phenoxy) is 1. The van der Waals surface area contributed by atoms with Crippen LogP contribution in [0.1, 0.15) is 47.5 Å². The van der Waals surface area contributed by atoms with E-state index in [4.69, 9.17) is 4.74 Å². The van der Waals surface area contributed by atoms with E-state index in [0.29, 0.717) is 12.8 Å². The molecule has 1 unspecified atom stereocenters. The average Bonchev–Trinajstić information content (AvgIpc) is 2.29. The van der Waals surface area contributed by atoms with Gasteiger partial charge >= 0.3 is 11.9 Å². The fraction of sp³-hybridized carbons (Fsp3) is 0.714. The molecule has 0 bridgehead atoms. The highest BCUT2D eigenvalue weighted by atomic mass is 16.5. The monoisotopic (exact) mass is 256 g/mol. The number of esters is 1. The molecule has 0 rings (SSSR count). The molecule has 0 aromatic carbocycles. The Morgan fingerprint density at radius 1 is 1.28 bits per heavy atom. The van der Waals surface area contributed by atoms with E-state index in [9.17, 15) is 14.7 Å². The van der Waals surface area contributed by atoms with Crippen LogP contribution in [0.5, 0.6) is 0 Å². The van der Waals surface area contributed by atoms with E-state index in [2.05, 4.69) is 0 Å². The average molecular weight is 256 g/mol. The van der Waals surface area contributed by atoms with Gasteiger partial charge in [0.25, 0.3) is 0 Å². The van der Waals surface area contributed by atoms with E-state index in [1.165, 1.54) is 0 Å². The van der Waals surface area contributed by atoms with E-state index in [1.807, 2.05) is 27.7 Å². The SMILES string of the molecule is CCC=C(C(=O)O)C(CC)(C(=O)OCC)C(C)C. The summed E-state index contributed by atoms with van der Waals surface area (Å²) in [5.41, 5.74) is -0.904. The van der Waals surface area contributed by atoms with Crippen LogP contribution in [0.15, 0.2) is 11.6 Å². The molecule has 0 heterocycles. The van der Waals surface area contributed by atoms with Crippen molar-refractivity contribution >= 4 is 11.9 Å². The second-order valence-corrected chi connectivity index (χ2v) is 4.53. The van der Waals surface area contributed by atoms with E-state index in [-0.39, 0.29) is 18.1 Å². The molecule has 0 aliphatic rings. The Hall–Kier alpha value is -1.32. The lowest BCUT2D eigenvalue weighted by Crippen LogP contribution is -2.41. The first-order chi connectivity index (χ1) is 8.38. The van der Waals surface area contributed by atoms with Crippen molar-refractivity contribution in [2.45, 2.75) is 47.5 Å². The van der Waals surface area contributed by atoms with Crippen molar-refractivity contribution in [2.75, 3.05) is 6.61 Å². The summed E-state index contributed by atoms with van der Waals surface area (Å²) >= 11 is 0. The van der Waals surface area contributed by atoms with Crippen LogP contribution in [0.4, 0.5) is 0 Å². The van der Waals surface area contributed by atoms with Crippen molar-refractivity contribution < 1.29 is 19.4 Å². The normalized spacial score (nSPS) is 15.3. The van der Waals surface area contributed by atoms with Gasteiger partial charge in [0.05, 0.1) is 12.2 Å². The molecule has 0 aliphatic heterocycles. The van der Waals surface area contributed by atoms with Gasteiger partial charge in [-0.05, 0) is 25.7 Å². The minimum absolute atomic E-state index is 0.129. The largest absolute Gasteiger partial charge is 0.478 e. The minimum atomic E-state index is -1.06. The summed E-state index contributed by atoms with van der Waals surface area (Å²) in [5.74, 6) is -1.61. The van der Waals surface area contributed by atoms with Gasteiger partial charge in [0.1, 0.15) is 5.41 Å². The maximum Gasteiger partial charge on any atom is 0.332 e. The zero-order valence-electron chi connectivity index (χ0n) is 11.9. The van der Waals surface area contributed by atoms with Crippen LogP contribution < -0.4 is 0 Å². The number of hydrogen-bond acceptors (Lipinski definition) is 3. The summed E-state index contributed by atoms with van der Waals surface area (Å²) < 4.78 is 5.09. The highest BCUT2D eigenvalue weighted by Gasteiger charge is 2.47. The van der Waals surface area contributed by atoms with Crippen molar-refractivity contribution in [3.8, 4) is 0 Å². The van der Waals surface area contributed by atoms with Gasteiger partial charge in [0.15, 0.2) is 0 Å². The number of carboxylic acids is 1. The molecule has 0 saturated carbocycles. The maximum atomic E-state index is 12.2. The molecule has 104 valence electrons. The summed E-state index contributed by atoms with van der Waals surface area (Å²) in [6.45, 7) is 9.37. The first-order valence-corrected chi connectivity index (χ1v) is 6.49. The first kappa shape index (κ1) is 16.7. The summed E-state index contributed by atoms with van der Waals surface area (Å²) in [7, 11) is 0. The van der Waals surface area contributed by atoms with Gasteiger partial charge in [0.2, 0.25) is 0 Å². The lowest BCUT2D eigenvalue weighted by Gasteiger charge is -2.34. The Morgan fingerprint density at radius 2 is 1.83 bits per heavy atom. The molecular formula is C14H24O4. The van der Waals surface area contributed by atoms with Gasteiger partial charge in [-0.2, -0.15) is 0 Å². The third kappa shape index (κ3) is 3.12. The highest BCUT2D eigenvalue weighted by molar-refractivity contribution is 5.97. The van der Waals surface area contributed by atoms with Crippen molar-refractivity contribution in [1.29, 1.82) is 0 Å². The zero-order valence-corrected chi connectivity index (χ0v) is 11.9. The Labute approximate surface area is 109 Å². The van der Waals surface area contributed by atoms with Gasteiger partial charge in [-0.3, -0.25) is 4.79 Å². The van der Waals surface area contributed by atoms with Crippen molar-refractivity contribution in [3.63, 3.8) is 0 Å². The molecule has 0 radical (unpaired) electrons. The van der Waals surface area contributed by atoms with E-state index >= 15 is 0 Å². The molecule has 4 heteroatoms. The second kappa shape index (κ2) is 7.19. The van der Waals surface area contributed by atoms with Gasteiger partial charge in [-0.15, -0.1) is 0 Å². The van der Waals surface area contributed by atoms with Crippen molar-refractivity contribution in [2.24, 2.45) is 11.3 Å². The number of allylic oxidation sites excluding steroid dienone is 1. The Bertz CT molecular complexity index is 331. The third-order valence-corrected chi connectivity index (χ3v) is 3.30. The number of hydrogen-bond donors (Lipinski definition) is 1. The maximum absolute atomic E-state index is 12.2. The molecule has 1 atom stereocenters. The quantitative estimate of drug-likeness (QED) is 0.561. The van der Waals surface area contributed by atoms with Crippen LogP contribution >= 0.6 is 0 Å². The van der Waals surface area contributed by atoms with Gasteiger partial charge < -0.3 is 9.84 Å². The van der Waals surface area contributed by atoms with Gasteiger partial charge in [-0.1, -0.05) is 33.8 Å². The standard InChI is InChI=1S/C14H24O4/c1-6-9-11(12(15)16)14(7-2,10(4)5)13(17)18-8-3/h9-10H,6-8H2,1-5H3,(H,15,16). The van der Waals surface area contributed by atoms with E-state index in [0.717, 1.165) is 0 Å². The molecule has 0 aliphatic carbocycles. The van der Waals surface area contributed by atoms with Crippen LogP contribution in [-0.4, -0.2) is 23.7 Å². The predicted molar refractivity (Wildman–Crippen MR) is 70.2 cm³/mol. The number of rotatable bonds is 7. The second-order valence-electron chi connectivity index (χ2n) is 4.53. The highest BCUT2D eigenvalue weighted by Crippen LogP contribution is 2.41. The first-order valence-electron chi connectivity index (χ1n) is 6.49. The third-order valence-electron chi connectivity index (χ3n) is 3.30. The summed E-state index contributed by atoms with van der Waals surface area (Å²) in [6, 6.07) is 0. The Morgan fingerprint density at radius 3 is 2.11 bits per heavy atom. The number of carbonyl (C=O) groups excluding carboxylic acids is 1. The molecule has 0 aromatic heterocycles. The smallest absolute Gasteiger partial charge is 0.332 e.